The topological polar surface area (TPSA) is 35.1 Å². The Bertz CT molecular complexity index is 2010. The monoisotopic (exact) mass is 434 g/mol. The van der Waals surface area contributed by atoms with E-state index in [0.717, 1.165) is 28.1 Å². The first-order valence-corrected chi connectivity index (χ1v) is 11.4. The summed E-state index contributed by atoms with van der Waals surface area (Å²) in [5.74, 6) is 0. The van der Waals surface area contributed by atoms with Crippen molar-refractivity contribution in [2.45, 2.75) is 0 Å². The predicted octanol–water partition coefficient (Wildman–Crippen LogP) is 7.24. The first-order valence-electron chi connectivity index (χ1n) is 11.4. The van der Waals surface area contributed by atoms with Gasteiger partial charge >= 0.3 is 0 Å². The predicted molar refractivity (Wildman–Crippen MR) is 139 cm³/mol. The average Bonchev–Trinajstić information content (AvgIpc) is 3.54. The Morgan fingerprint density at radius 1 is 0.618 bits per heavy atom. The number of pyridine rings is 2. The molecular weight excluding hydrogens is 416 g/mol. The van der Waals surface area contributed by atoms with Gasteiger partial charge in [0.1, 0.15) is 5.65 Å². The van der Waals surface area contributed by atoms with Crippen LogP contribution in [-0.2, 0) is 0 Å². The second-order valence-corrected chi connectivity index (χ2v) is 8.75. The van der Waals surface area contributed by atoms with Crippen LogP contribution in [-0.4, -0.2) is 18.9 Å². The molecule has 34 heavy (non-hydrogen) atoms. The van der Waals surface area contributed by atoms with Gasteiger partial charge in [-0.1, -0.05) is 60.7 Å². The first-order chi connectivity index (χ1) is 16.9. The molecule has 5 aromatic heterocycles. The van der Waals surface area contributed by atoms with Gasteiger partial charge in [0.15, 0.2) is 0 Å². The van der Waals surface area contributed by atoms with E-state index in [-0.39, 0.29) is 0 Å². The van der Waals surface area contributed by atoms with Gasteiger partial charge in [-0.2, -0.15) is 0 Å². The van der Waals surface area contributed by atoms with Crippen LogP contribution in [0.25, 0.3) is 66.1 Å². The number of nitrogens with zero attached hydrogens (tertiary/aromatic N) is 4. The summed E-state index contributed by atoms with van der Waals surface area (Å²) in [4.78, 5) is 9.34. The maximum Gasteiger partial charge on any atom is 0.131 e. The highest BCUT2D eigenvalue weighted by atomic mass is 15.1. The third-order valence-corrected chi connectivity index (χ3v) is 6.99. The highest BCUT2D eigenvalue weighted by Crippen LogP contribution is 2.43. The Balaban J connectivity index is 1.64. The second-order valence-electron chi connectivity index (χ2n) is 8.75. The van der Waals surface area contributed by atoms with Crippen LogP contribution in [0.1, 0.15) is 0 Å². The van der Waals surface area contributed by atoms with Crippen molar-refractivity contribution in [1.29, 1.82) is 0 Å². The van der Waals surface area contributed by atoms with Crippen LogP contribution >= 0.6 is 0 Å². The van der Waals surface area contributed by atoms with Gasteiger partial charge in [-0.15, -0.1) is 0 Å². The molecule has 0 saturated carbocycles. The summed E-state index contributed by atoms with van der Waals surface area (Å²) in [5.41, 5.74) is 6.68. The van der Waals surface area contributed by atoms with Gasteiger partial charge in [-0.25, -0.2) is 0 Å². The lowest BCUT2D eigenvalue weighted by atomic mass is 10.1. The van der Waals surface area contributed by atoms with Crippen molar-refractivity contribution in [1.82, 2.24) is 18.9 Å². The maximum atomic E-state index is 4.88. The van der Waals surface area contributed by atoms with E-state index in [2.05, 4.69) is 98.9 Å². The van der Waals surface area contributed by atoms with Crippen molar-refractivity contribution >= 4 is 49.0 Å². The third kappa shape index (κ3) is 2.17. The molecule has 0 aliphatic rings. The van der Waals surface area contributed by atoms with Crippen molar-refractivity contribution in [3.05, 3.63) is 110 Å². The summed E-state index contributed by atoms with van der Waals surface area (Å²) >= 11 is 0. The summed E-state index contributed by atoms with van der Waals surface area (Å²) in [6.45, 7) is 0. The summed E-state index contributed by atoms with van der Waals surface area (Å²) < 4.78 is 4.74. The number of rotatable bonds is 2. The molecule has 0 spiro atoms. The fraction of sp³-hybridized carbons (Fsp3) is 0. The molecule has 3 aromatic carbocycles. The molecule has 0 saturated heterocycles. The molecule has 0 bridgehead atoms. The number of para-hydroxylation sites is 2. The lowest BCUT2D eigenvalue weighted by Crippen LogP contribution is -2.01. The van der Waals surface area contributed by atoms with E-state index >= 15 is 0 Å². The maximum absolute atomic E-state index is 4.88. The summed E-state index contributed by atoms with van der Waals surface area (Å²) in [6, 6.07) is 32.2. The molecule has 4 nitrogen and oxygen atoms in total. The minimum atomic E-state index is 0.974. The Labute approximate surface area is 194 Å². The number of fused-ring (bicyclic) bond motifs is 7. The molecule has 8 rings (SSSR count). The summed E-state index contributed by atoms with van der Waals surface area (Å²) in [7, 11) is 0. The van der Waals surface area contributed by atoms with Crippen LogP contribution in [0.2, 0.25) is 0 Å². The van der Waals surface area contributed by atoms with Crippen molar-refractivity contribution < 1.29 is 0 Å². The minimum Gasteiger partial charge on any atom is -0.294 e. The van der Waals surface area contributed by atoms with Gasteiger partial charge in [-0.05, 0) is 35.7 Å². The second kappa shape index (κ2) is 6.42. The SMILES string of the molecule is c1cncc(-n2c(-c3nccc4ccccc34)cc3c4cccc5c6ccccc6n(c54)c32)c1. The molecule has 158 valence electrons. The zero-order valence-corrected chi connectivity index (χ0v) is 18.2. The molecular formula is C30H18N4. The van der Waals surface area contributed by atoms with Gasteiger partial charge in [-0.3, -0.25) is 18.9 Å². The van der Waals surface area contributed by atoms with Crippen molar-refractivity contribution in [2.24, 2.45) is 0 Å². The number of hydrogen-bond donors (Lipinski definition) is 0. The van der Waals surface area contributed by atoms with Crippen LogP contribution in [0.4, 0.5) is 0 Å². The van der Waals surface area contributed by atoms with E-state index in [1.54, 1.807) is 0 Å². The standard InChI is InChI=1S/C30H18N4/c1-2-9-21-19(7-1)14-16-32-28(21)27-17-25-24-12-5-11-23-22-10-3-4-13-26(22)34(29(23)24)30(25)33(27)20-8-6-15-31-18-20/h1-18H. The lowest BCUT2D eigenvalue weighted by molar-refractivity contribution is 1.06. The van der Waals surface area contributed by atoms with Crippen LogP contribution in [0.3, 0.4) is 0 Å². The van der Waals surface area contributed by atoms with Gasteiger partial charge in [0.2, 0.25) is 0 Å². The van der Waals surface area contributed by atoms with Gasteiger partial charge in [0, 0.05) is 39.3 Å². The molecule has 0 fully saturated rings. The Kier molecular flexibility index (Phi) is 3.36. The molecule has 0 aliphatic heterocycles. The number of hydrogen-bond acceptors (Lipinski definition) is 2. The van der Waals surface area contributed by atoms with E-state index in [9.17, 15) is 0 Å². The highest BCUT2D eigenvalue weighted by Gasteiger charge is 2.24. The molecule has 4 heteroatoms. The van der Waals surface area contributed by atoms with E-state index in [4.69, 9.17) is 4.98 Å². The quantitative estimate of drug-likeness (QED) is 0.287. The first kappa shape index (κ1) is 17.8. The van der Waals surface area contributed by atoms with E-state index in [1.165, 1.54) is 38.0 Å². The molecule has 5 heterocycles. The van der Waals surface area contributed by atoms with Crippen molar-refractivity contribution in [3.8, 4) is 17.1 Å². The summed E-state index contributed by atoms with van der Waals surface area (Å²) in [6.07, 6.45) is 5.66. The Morgan fingerprint density at radius 3 is 2.29 bits per heavy atom. The Morgan fingerprint density at radius 2 is 1.41 bits per heavy atom. The molecule has 0 radical (unpaired) electrons. The smallest absolute Gasteiger partial charge is 0.131 e. The third-order valence-electron chi connectivity index (χ3n) is 6.99. The zero-order chi connectivity index (χ0) is 22.2. The molecule has 8 aromatic rings. The highest BCUT2D eigenvalue weighted by molar-refractivity contribution is 6.23. The van der Waals surface area contributed by atoms with Gasteiger partial charge in [0.05, 0.1) is 34.3 Å². The number of benzene rings is 3. The van der Waals surface area contributed by atoms with Crippen molar-refractivity contribution in [3.63, 3.8) is 0 Å². The molecule has 0 unspecified atom stereocenters. The van der Waals surface area contributed by atoms with E-state index in [1.807, 2.05) is 24.7 Å². The van der Waals surface area contributed by atoms with Crippen molar-refractivity contribution in [2.75, 3.05) is 0 Å². The van der Waals surface area contributed by atoms with Crippen LogP contribution < -0.4 is 0 Å². The largest absolute Gasteiger partial charge is 0.294 e. The van der Waals surface area contributed by atoms with Gasteiger partial charge in [0.25, 0.3) is 0 Å². The lowest BCUT2D eigenvalue weighted by Gasteiger charge is -2.12. The minimum absolute atomic E-state index is 0.974. The van der Waals surface area contributed by atoms with E-state index < -0.39 is 0 Å². The van der Waals surface area contributed by atoms with Gasteiger partial charge < -0.3 is 0 Å². The fourth-order valence-electron chi connectivity index (χ4n) is 5.62. The average molecular weight is 435 g/mol. The zero-order valence-electron chi connectivity index (χ0n) is 18.2. The molecule has 0 atom stereocenters. The fourth-order valence-corrected chi connectivity index (χ4v) is 5.62. The van der Waals surface area contributed by atoms with Crippen LogP contribution in [0.5, 0.6) is 0 Å². The van der Waals surface area contributed by atoms with Crippen LogP contribution in [0, 0.1) is 0 Å². The molecule has 0 aliphatic carbocycles. The molecule has 0 N–H and O–H groups in total. The summed E-state index contributed by atoms with van der Waals surface area (Å²) in [5, 5.41) is 7.36. The number of aromatic nitrogens is 4. The molecule has 0 amide bonds. The van der Waals surface area contributed by atoms with Crippen LogP contribution in [0.15, 0.2) is 110 Å². The van der Waals surface area contributed by atoms with E-state index in [0.29, 0.717) is 0 Å². The normalized spacial score (nSPS) is 12.1. The Hall–Kier alpha value is -4.70.